The van der Waals surface area contributed by atoms with Gasteiger partial charge >= 0.3 is 23.9 Å². The van der Waals surface area contributed by atoms with Crippen LogP contribution in [0.4, 0.5) is 0 Å². The molecule has 1 saturated heterocycles. The Hall–Kier alpha value is -3.74. The quantitative estimate of drug-likeness (QED) is 0.311. The Bertz CT molecular complexity index is 1090. The Morgan fingerprint density at radius 3 is 2.05 bits per heavy atom. The summed E-state index contributed by atoms with van der Waals surface area (Å²) in [6.45, 7) is 2.62. The summed E-state index contributed by atoms with van der Waals surface area (Å²) in [5, 5.41) is 0. The van der Waals surface area contributed by atoms with E-state index in [9.17, 15) is 19.2 Å². The number of aromatic nitrogens is 2. The smallest absolute Gasteiger partial charge is 0.360 e. The van der Waals surface area contributed by atoms with Crippen molar-refractivity contribution in [3.8, 4) is 0 Å². The Balaban J connectivity index is 1.67. The second-order valence-corrected chi connectivity index (χ2v) is 8.40. The van der Waals surface area contributed by atoms with E-state index in [-0.39, 0.29) is 23.7 Å². The zero-order chi connectivity index (χ0) is 26.9. The van der Waals surface area contributed by atoms with E-state index < -0.39 is 48.3 Å². The molecule has 2 aromatic rings. The summed E-state index contributed by atoms with van der Waals surface area (Å²) in [6.07, 6.45) is 2.43. The summed E-state index contributed by atoms with van der Waals surface area (Å²) >= 11 is 0. The molecule has 0 radical (unpaired) electrons. The summed E-state index contributed by atoms with van der Waals surface area (Å²) in [7, 11) is 2.49. The van der Waals surface area contributed by atoms with Crippen LogP contribution in [0.25, 0.3) is 0 Å². The van der Waals surface area contributed by atoms with Crippen LogP contribution in [0, 0.1) is 0 Å². The lowest BCUT2D eigenvalue weighted by Gasteiger charge is -2.38. The number of rotatable bonds is 11. The highest BCUT2D eigenvalue weighted by Gasteiger charge is 2.38. The van der Waals surface area contributed by atoms with Crippen LogP contribution in [-0.2, 0) is 46.1 Å². The second kappa shape index (κ2) is 13.0. The summed E-state index contributed by atoms with van der Waals surface area (Å²) in [5.74, 6) is -1.57. The van der Waals surface area contributed by atoms with Crippen LogP contribution in [0.3, 0.4) is 0 Å². The molecule has 3 heterocycles. The highest BCUT2D eigenvalue weighted by molar-refractivity contribution is 5.87. The molecule has 13 heteroatoms. The predicted octanol–water partition coefficient (Wildman–Crippen LogP) is 2.21. The first-order valence-corrected chi connectivity index (χ1v) is 11.8. The molecule has 202 valence electrons. The van der Waals surface area contributed by atoms with Gasteiger partial charge in [-0.2, -0.15) is 0 Å². The monoisotopic (exact) mass is 522 g/mol. The van der Waals surface area contributed by atoms with E-state index in [1.54, 1.807) is 0 Å². The Labute approximate surface area is 212 Å². The first-order chi connectivity index (χ1) is 17.7. The topological polar surface area (TPSA) is 166 Å². The molecule has 13 nitrogen and oxygen atoms in total. The van der Waals surface area contributed by atoms with Gasteiger partial charge in [-0.3, -0.25) is 9.59 Å². The highest BCUT2D eigenvalue weighted by Crippen LogP contribution is 2.30. The van der Waals surface area contributed by atoms with E-state index in [4.69, 9.17) is 23.0 Å². The zero-order valence-corrected chi connectivity index (χ0v) is 21.1. The van der Waals surface area contributed by atoms with E-state index in [1.807, 2.05) is 0 Å². The van der Waals surface area contributed by atoms with Crippen LogP contribution in [0.15, 0.2) is 21.4 Å². The summed E-state index contributed by atoms with van der Waals surface area (Å²) in [6, 6.07) is 0. The molecule has 1 fully saturated rings. The third-order valence-electron chi connectivity index (χ3n) is 5.73. The second-order valence-electron chi connectivity index (χ2n) is 8.40. The Morgan fingerprint density at radius 2 is 1.51 bits per heavy atom. The molecule has 1 aliphatic heterocycles. The normalized spacial score (nSPS) is 20.1. The van der Waals surface area contributed by atoms with Crippen molar-refractivity contribution in [2.75, 3.05) is 14.2 Å². The van der Waals surface area contributed by atoms with E-state index in [0.29, 0.717) is 38.0 Å². The van der Waals surface area contributed by atoms with Gasteiger partial charge < -0.3 is 32.5 Å². The minimum absolute atomic E-state index is 0.0432. The van der Waals surface area contributed by atoms with Gasteiger partial charge in [-0.05, 0) is 25.7 Å². The molecule has 0 amide bonds. The van der Waals surface area contributed by atoms with Gasteiger partial charge in [-0.1, -0.05) is 0 Å². The molecule has 0 aliphatic carbocycles. The van der Waals surface area contributed by atoms with E-state index in [1.165, 1.54) is 40.6 Å². The number of oxazole rings is 2. The summed E-state index contributed by atoms with van der Waals surface area (Å²) in [5.41, 5.74) is 0.0925. The Kier molecular flexibility index (Phi) is 9.78. The van der Waals surface area contributed by atoms with E-state index >= 15 is 0 Å². The molecule has 0 N–H and O–H groups in total. The fraction of sp³-hybridized carbons (Fsp3) is 0.583. The van der Waals surface area contributed by atoms with Gasteiger partial charge in [0.15, 0.2) is 23.2 Å². The first kappa shape index (κ1) is 27.8. The lowest BCUT2D eigenvalue weighted by Crippen LogP contribution is -2.46. The number of esters is 4. The van der Waals surface area contributed by atoms with Crippen LogP contribution >= 0.6 is 0 Å². The molecule has 0 aromatic carbocycles. The molecule has 2 aromatic heterocycles. The van der Waals surface area contributed by atoms with Crippen molar-refractivity contribution in [1.29, 1.82) is 0 Å². The largest absolute Gasteiger partial charge is 0.464 e. The van der Waals surface area contributed by atoms with Crippen molar-refractivity contribution < 1.29 is 51.7 Å². The van der Waals surface area contributed by atoms with Gasteiger partial charge in [0.2, 0.25) is 0 Å². The lowest BCUT2D eigenvalue weighted by molar-refractivity contribution is -0.190. The minimum atomic E-state index is -0.639. The van der Waals surface area contributed by atoms with Crippen molar-refractivity contribution in [3.63, 3.8) is 0 Å². The summed E-state index contributed by atoms with van der Waals surface area (Å²) < 4.78 is 37.2. The van der Waals surface area contributed by atoms with E-state index in [2.05, 4.69) is 19.4 Å². The molecular formula is C24H30N2O11. The fourth-order valence-corrected chi connectivity index (χ4v) is 4.08. The molecule has 4 atom stereocenters. The molecule has 1 aliphatic rings. The van der Waals surface area contributed by atoms with Crippen LogP contribution in [0.2, 0.25) is 0 Å². The third-order valence-corrected chi connectivity index (χ3v) is 5.73. The molecule has 37 heavy (non-hydrogen) atoms. The standard InChI is InChI=1S/C24H30N2O11/c1-13(27)35-17-5-6-19(37-20(17)8-10-22-26-16(12-34-22)24(30)32-4)18(36-14(2)28)7-9-21-25-15(11-33-21)23(29)31-3/h11-12,17-20H,5-10H2,1-4H3/t17-,18+,19-,20+/m0/s1. The number of aryl methyl sites for hydroxylation is 2. The average molecular weight is 523 g/mol. The molecule has 0 spiro atoms. The molecule has 0 saturated carbocycles. The number of ether oxygens (including phenoxy) is 5. The van der Waals surface area contributed by atoms with Crippen LogP contribution < -0.4 is 0 Å². The third kappa shape index (κ3) is 7.87. The fourth-order valence-electron chi connectivity index (χ4n) is 4.08. The van der Waals surface area contributed by atoms with Crippen molar-refractivity contribution >= 4 is 23.9 Å². The minimum Gasteiger partial charge on any atom is -0.464 e. The average Bonchev–Trinajstić information content (AvgIpc) is 3.54. The number of nitrogens with zero attached hydrogens (tertiary/aromatic N) is 2. The number of hydrogen-bond donors (Lipinski definition) is 0. The number of carbonyl (C=O) groups excluding carboxylic acids is 4. The SMILES string of the molecule is COC(=O)c1coc(CC[C@@H](OC(C)=O)[C@@H]2CC[C@H](OC(C)=O)[C@@H](CCc3nc(C(=O)OC)co3)O2)n1. The Morgan fingerprint density at radius 1 is 0.919 bits per heavy atom. The molecule has 0 unspecified atom stereocenters. The number of methoxy groups -OCH3 is 2. The zero-order valence-electron chi connectivity index (χ0n) is 21.1. The first-order valence-electron chi connectivity index (χ1n) is 11.8. The van der Waals surface area contributed by atoms with Crippen molar-refractivity contribution in [2.24, 2.45) is 0 Å². The highest BCUT2D eigenvalue weighted by atomic mass is 16.6. The molecule has 3 rings (SSSR count). The molecular weight excluding hydrogens is 492 g/mol. The van der Waals surface area contributed by atoms with Crippen LogP contribution in [-0.4, -0.2) is 72.5 Å². The van der Waals surface area contributed by atoms with Crippen molar-refractivity contribution in [1.82, 2.24) is 9.97 Å². The van der Waals surface area contributed by atoms with Gasteiger partial charge in [-0.15, -0.1) is 0 Å². The van der Waals surface area contributed by atoms with Gasteiger partial charge in [-0.25, -0.2) is 19.6 Å². The lowest BCUT2D eigenvalue weighted by atomic mass is 9.93. The van der Waals surface area contributed by atoms with Gasteiger partial charge in [0.05, 0.1) is 26.4 Å². The predicted molar refractivity (Wildman–Crippen MR) is 121 cm³/mol. The van der Waals surface area contributed by atoms with Gasteiger partial charge in [0.25, 0.3) is 0 Å². The van der Waals surface area contributed by atoms with Crippen molar-refractivity contribution in [2.45, 2.75) is 76.8 Å². The van der Waals surface area contributed by atoms with Gasteiger partial charge in [0.1, 0.15) is 24.7 Å². The maximum atomic E-state index is 11.8. The summed E-state index contributed by atoms with van der Waals surface area (Å²) in [4.78, 5) is 54.9. The number of carbonyl (C=O) groups is 4. The maximum absolute atomic E-state index is 11.8. The maximum Gasteiger partial charge on any atom is 0.360 e. The van der Waals surface area contributed by atoms with Crippen molar-refractivity contribution in [3.05, 3.63) is 35.7 Å². The number of hydrogen-bond acceptors (Lipinski definition) is 13. The van der Waals surface area contributed by atoms with Gasteiger partial charge in [0, 0.05) is 26.7 Å². The van der Waals surface area contributed by atoms with Crippen LogP contribution in [0.1, 0.15) is 72.3 Å². The van der Waals surface area contributed by atoms with Crippen LogP contribution in [0.5, 0.6) is 0 Å². The molecule has 0 bridgehead atoms. The van der Waals surface area contributed by atoms with E-state index in [0.717, 1.165) is 0 Å².